The minimum Gasteiger partial charge on any atom is -0.324 e. The molecule has 0 aliphatic carbocycles. The van der Waals surface area contributed by atoms with Crippen LogP contribution in [0, 0.1) is 21.8 Å². The summed E-state index contributed by atoms with van der Waals surface area (Å²) in [5, 5.41) is 10.8. The quantitative estimate of drug-likeness (QED) is 0.634. The Hall–Kier alpha value is -1.49. The Morgan fingerprint density at radius 2 is 2.06 bits per heavy atom. The molecule has 1 rings (SSSR count). The highest BCUT2D eigenvalue weighted by molar-refractivity contribution is 5.42. The van der Waals surface area contributed by atoms with Crippen LogP contribution in [0.5, 0.6) is 0 Å². The van der Waals surface area contributed by atoms with Crippen LogP contribution in [0.25, 0.3) is 0 Å². The van der Waals surface area contributed by atoms with E-state index >= 15 is 0 Å². The maximum Gasteiger partial charge on any atom is 0.277 e. The van der Waals surface area contributed by atoms with Gasteiger partial charge in [0.1, 0.15) is 5.82 Å². The highest BCUT2D eigenvalue weighted by Crippen LogP contribution is 2.28. The third kappa shape index (κ3) is 3.78. The monoisotopic (exact) mass is 240 g/mol. The van der Waals surface area contributed by atoms with E-state index in [1.54, 1.807) is 0 Å². The highest BCUT2D eigenvalue weighted by Gasteiger charge is 2.20. The molecule has 0 spiro atoms. The number of nitrogens with zero attached hydrogens (tertiary/aromatic N) is 1. The largest absolute Gasteiger partial charge is 0.324 e. The van der Waals surface area contributed by atoms with Crippen molar-refractivity contribution in [1.82, 2.24) is 0 Å². The van der Waals surface area contributed by atoms with E-state index in [0.29, 0.717) is 17.9 Å². The Morgan fingerprint density at radius 1 is 1.41 bits per heavy atom. The molecule has 17 heavy (non-hydrogen) atoms. The average Bonchev–Trinajstić information content (AvgIpc) is 2.25. The summed E-state index contributed by atoms with van der Waals surface area (Å²) in [5.41, 5.74) is 6.07. The fourth-order valence-corrected chi connectivity index (χ4v) is 1.66. The van der Waals surface area contributed by atoms with Gasteiger partial charge in [-0.3, -0.25) is 10.1 Å². The SMILES string of the molecule is CC(C)CC[C@H](N)c1ccc(F)cc1[N+](=O)[O-]. The third-order valence-electron chi connectivity index (χ3n) is 2.64. The van der Waals surface area contributed by atoms with Crippen LogP contribution in [-0.4, -0.2) is 4.92 Å². The highest BCUT2D eigenvalue weighted by atomic mass is 19.1. The molecule has 5 heteroatoms. The summed E-state index contributed by atoms with van der Waals surface area (Å²) in [6.07, 6.45) is 1.54. The standard InChI is InChI=1S/C12H17FN2O2/c1-8(2)3-6-11(14)10-5-4-9(13)7-12(10)15(16)17/h4-5,7-8,11H,3,6,14H2,1-2H3/t11-/m0/s1. The van der Waals surface area contributed by atoms with Crippen molar-refractivity contribution in [3.8, 4) is 0 Å². The minimum atomic E-state index is -0.614. The van der Waals surface area contributed by atoms with Crippen LogP contribution in [0.15, 0.2) is 18.2 Å². The van der Waals surface area contributed by atoms with Gasteiger partial charge in [0.2, 0.25) is 0 Å². The Kier molecular flexibility index (Phi) is 4.57. The van der Waals surface area contributed by atoms with Gasteiger partial charge in [-0.25, -0.2) is 4.39 Å². The molecular weight excluding hydrogens is 223 g/mol. The second kappa shape index (κ2) is 5.72. The Balaban J connectivity index is 2.92. The van der Waals surface area contributed by atoms with Crippen LogP contribution < -0.4 is 5.73 Å². The first-order chi connectivity index (χ1) is 7.91. The maximum atomic E-state index is 12.9. The van der Waals surface area contributed by atoms with Gasteiger partial charge in [0, 0.05) is 11.6 Å². The predicted octanol–water partition coefficient (Wildman–Crippen LogP) is 3.17. The van der Waals surface area contributed by atoms with Gasteiger partial charge in [0.15, 0.2) is 0 Å². The van der Waals surface area contributed by atoms with Gasteiger partial charge in [-0.1, -0.05) is 13.8 Å². The van der Waals surface area contributed by atoms with Crippen LogP contribution >= 0.6 is 0 Å². The van der Waals surface area contributed by atoms with Crippen LogP contribution in [0.2, 0.25) is 0 Å². The number of nitrogens with two attached hydrogens (primary N) is 1. The molecule has 0 aromatic heterocycles. The van der Waals surface area contributed by atoms with Crippen LogP contribution in [0.1, 0.15) is 38.3 Å². The lowest BCUT2D eigenvalue weighted by Gasteiger charge is -2.13. The Labute approximate surface area is 99.8 Å². The number of benzene rings is 1. The lowest BCUT2D eigenvalue weighted by Crippen LogP contribution is -2.13. The summed E-state index contributed by atoms with van der Waals surface area (Å²) in [4.78, 5) is 10.2. The molecule has 0 saturated heterocycles. The topological polar surface area (TPSA) is 69.2 Å². The molecule has 0 bridgehead atoms. The van der Waals surface area contributed by atoms with Crippen molar-refractivity contribution in [3.05, 3.63) is 39.7 Å². The van der Waals surface area contributed by atoms with Gasteiger partial charge in [0.25, 0.3) is 5.69 Å². The molecule has 4 nitrogen and oxygen atoms in total. The molecule has 0 heterocycles. The average molecular weight is 240 g/mol. The maximum absolute atomic E-state index is 12.9. The molecule has 1 aromatic carbocycles. The van der Waals surface area contributed by atoms with Crippen LogP contribution in [-0.2, 0) is 0 Å². The van der Waals surface area contributed by atoms with E-state index in [4.69, 9.17) is 5.73 Å². The van der Waals surface area contributed by atoms with E-state index in [9.17, 15) is 14.5 Å². The summed E-state index contributed by atoms with van der Waals surface area (Å²) in [7, 11) is 0. The zero-order chi connectivity index (χ0) is 13.0. The lowest BCUT2D eigenvalue weighted by molar-refractivity contribution is -0.385. The third-order valence-corrected chi connectivity index (χ3v) is 2.64. The zero-order valence-corrected chi connectivity index (χ0v) is 10.0. The van der Waals surface area contributed by atoms with Gasteiger partial charge in [-0.05, 0) is 30.9 Å². The summed E-state index contributed by atoms with van der Waals surface area (Å²) >= 11 is 0. The van der Waals surface area contributed by atoms with E-state index in [1.165, 1.54) is 12.1 Å². The fourth-order valence-electron chi connectivity index (χ4n) is 1.66. The van der Waals surface area contributed by atoms with Crippen molar-refractivity contribution >= 4 is 5.69 Å². The normalized spacial score (nSPS) is 12.8. The molecule has 0 aliphatic heterocycles. The van der Waals surface area contributed by atoms with Gasteiger partial charge >= 0.3 is 0 Å². The molecule has 0 unspecified atom stereocenters. The second-order valence-corrected chi connectivity index (χ2v) is 4.54. The predicted molar refractivity (Wildman–Crippen MR) is 64.1 cm³/mol. The molecule has 0 saturated carbocycles. The van der Waals surface area contributed by atoms with Gasteiger partial charge in [-0.15, -0.1) is 0 Å². The first-order valence-corrected chi connectivity index (χ1v) is 5.61. The van der Waals surface area contributed by atoms with Crippen LogP contribution in [0.4, 0.5) is 10.1 Å². The van der Waals surface area contributed by atoms with Gasteiger partial charge in [-0.2, -0.15) is 0 Å². The Bertz CT molecular complexity index is 407. The molecule has 0 aliphatic rings. The molecule has 0 amide bonds. The van der Waals surface area contributed by atoms with Gasteiger partial charge < -0.3 is 5.73 Å². The lowest BCUT2D eigenvalue weighted by atomic mass is 9.97. The molecular formula is C12H17FN2O2. The van der Waals surface area contributed by atoms with Crippen molar-refractivity contribution in [3.63, 3.8) is 0 Å². The van der Waals surface area contributed by atoms with Crippen molar-refractivity contribution < 1.29 is 9.31 Å². The molecule has 0 fully saturated rings. The molecule has 94 valence electrons. The molecule has 2 N–H and O–H groups in total. The van der Waals surface area contributed by atoms with E-state index < -0.39 is 16.8 Å². The van der Waals surface area contributed by atoms with E-state index in [0.717, 1.165) is 12.5 Å². The van der Waals surface area contributed by atoms with Crippen molar-refractivity contribution in [2.75, 3.05) is 0 Å². The molecule has 1 atom stereocenters. The minimum absolute atomic E-state index is 0.235. The summed E-state index contributed by atoms with van der Waals surface area (Å²) < 4.78 is 12.9. The first-order valence-electron chi connectivity index (χ1n) is 5.61. The van der Waals surface area contributed by atoms with Gasteiger partial charge in [0.05, 0.1) is 11.0 Å². The first kappa shape index (κ1) is 13.6. The van der Waals surface area contributed by atoms with E-state index in [2.05, 4.69) is 13.8 Å². The van der Waals surface area contributed by atoms with Crippen molar-refractivity contribution in [2.24, 2.45) is 11.7 Å². The Morgan fingerprint density at radius 3 is 2.59 bits per heavy atom. The fraction of sp³-hybridized carbons (Fsp3) is 0.500. The van der Waals surface area contributed by atoms with E-state index in [1.807, 2.05) is 0 Å². The van der Waals surface area contributed by atoms with Crippen LogP contribution in [0.3, 0.4) is 0 Å². The number of rotatable bonds is 5. The zero-order valence-electron chi connectivity index (χ0n) is 10.0. The number of hydrogen-bond acceptors (Lipinski definition) is 3. The summed E-state index contributed by atoms with van der Waals surface area (Å²) in [6, 6.07) is 3.11. The molecule has 0 radical (unpaired) electrons. The number of halogens is 1. The van der Waals surface area contributed by atoms with Crippen molar-refractivity contribution in [2.45, 2.75) is 32.7 Å². The van der Waals surface area contributed by atoms with E-state index in [-0.39, 0.29) is 5.69 Å². The van der Waals surface area contributed by atoms with Crippen molar-refractivity contribution in [1.29, 1.82) is 0 Å². The summed E-state index contributed by atoms with van der Waals surface area (Å²) in [6.45, 7) is 4.12. The number of nitro benzene ring substituents is 1. The second-order valence-electron chi connectivity index (χ2n) is 4.54. The summed E-state index contributed by atoms with van der Waals surface area (Å²) in [5.74, 6) is -0.128. The smallest absolute Gasteiger partial charge is 0.277 e. The molecule has 1 aromatic rings. The number of hydrogen-bond donors (Lipinski definition) is 1. The number of nitro groups is 1.